The van der Waals surface area contributed by atoms with Crippen LogP contribution in [0.1, 0.15) is 26.2 Å². The Kier molecular flexibility index (Phi) is 9.76. The van der Waals surface area contributed by atoms with Gasteiger partial charge in [-0.05, 0) is 26.2 Å². The van der Waals surface area contributed by atoms with E-state index in [4.69, 9.17) is 10.5 Å². The Labute approximate surface area is 133 Å². The number of hydrogen-bond acceptors (Lipinski definition) is 4. The number of ether oxygens (including phenoxy) is 1. The Morgan fingerprint density at radius 3 is 2.55 bits per heavy atom. The maximum Gasteiger partial charge on any atom is 0.223 e. The van der Waals surface area contributed by atoms with Gasteiger partial charge in [-0.15, -0.1) is 24.8 Å². The van der Waals surface area contributed by atoms with Crippen LogP contribution in [-0.2, 0) is 9.53 Å². The molecule has 1 saturated carbocycles. The largest absolute Gasteiger partial charge is 0.379 e. The van der Waals surface area contributed by atoms with E-state index >= 15 is 0 Å². The van der Waals surface area contributed by atoms with Gasteiger partial charge in [0.1, 0.15) is 0 Å². The zero-order valence-electron chi connectivity index (χ0n) is 12.0. The van der Waals surface area contributed by atoms with Gasteiger partial charge >= 0.3 is 0 Å². The Bertz CT molecular complexity index is 289. The molecule has 0 radical (unpaired) electrons. The first-order valence-corrected chi connectivity index (χ1v) is 7.02. The van der Waals surface area contributed by atoms with E-state index in [1.165, 1.54) is 0 Å². The van der Waals surface area contributed by atoms with Gasteiger partial charge in [0.2, 0.25) is 5.91 Å². The van der Waals surface area contributed by atoms with E-state index in [2.05, 4.69) is 17.1 Å². The lowest BCUT2D eigenvalue weighted by atomic mass is 10.1. The van der Waals surface area contributed by atoms with Gasteiger partial charge < -0.3 is 15.8 Å². The lowest BCUT2D eigenvalue weighted by molar-refractivity contribution is -0.125. The number of halogens is 2. The number of amides is 1. The van der Waals surface area contributed by atoms with Crippen LogP contribution in [0.25, 0.3) is 0 Å². The van der Waals surface area contributed by atoms with Crippen LogP contribution in [-0.4, -0.2) is 55.7 Å². The number of morpholine rings is 1. The summed E-state index contributed by atoms with van der Waals surface area (Å²) in [7, 11) is 0. The van der Waals surface area contributed by atoms with Crippen molar-refractivity contribution in [2.75, 3.05) is 32.8 Å². The fraction of sp³-hybridized carbons (Fsp3) is 0.923. The maximum atomic E-state index is 12.0. The van der Waals surface area contributed by atoms with Gasteiger partial charge in [-0.1, -0.05) is 0 Å². The topological polar surface area (TPSA) is 67.6 Å². The second-order valence-corrected chi connectivity index (χ2v) is 5.51. The molecule has 2 aliphatic rings. The van der Waals surface area contributed by atoms with Crippen molar-refractivity contribution >= 4 is 30.7 Å². The summed E-state index contributed by atoms with van der Waals surface area (Å²) in [6, 6.07) is 0.602. The molecule has 1 amide bonds. The van der Waals surface area contributed by atoms with Crippen LogP contribution >= 0.6 is 24.8 Å². The molecule has 2 rings (SSSR count). The first-order valence-electron chi connectivity index (χ1n) is 7.02. The number of nitrogens with two attached hydrogens (primary N) is 1. The monoisotopic (exact) mass is 327 g/mol. The minimum absolute atomic E-state index is 0. The van der Waals surface area contributed by atoms with Gasteiger partial charge in [-0.2, -0.15) is 0 Å². The van der Waals surface area contributed by atoms with Gasteiger partial charge in [0.25, 0.3) is 0 Å². The van der Waals surface area contributed by atoms with Crippen LogP contribution in [0, 0.1) is 5.92 Å². The summed E-state index contributed by atoms with van der Waals surface area (Å²) in [5.41, 5.74) is 5.83. The zero-order chi connectivity index (χ0) is 13.0. The third-order valence-electron chi connectivity index (χ3n) is 4.08. The summed E-state index contributed by atoms with van der Waals surface area (Å²) in [6.07, 6.45) is 2.77. The minimum atomic E-state index is 0. The van der Waals surface area contributed by atoms with E-state index in [9.17, 15) is 4.79 Å². The van der Waals surface area contributed by atoms with Crippen LogP contribution in [0.4, 0.5) is 0 Å². The molecule has 0 aromatic carbocycles. The smallest absolute Gasteiger partial charge is 0.223 e. The molecule has 1 aliphatic heterocycles. The number of nitrogens with one attached hydrogen (secondary N) is 1. The fourth-order valence-electron chi connectivity index (χ4n) is 2.79. The minimum Gasteiger partial charge on any atom is -0.379 e. The highest BCUT2D eigenvalue weighted by atomic mass is 35.5. The molecule has 2 fully saturated rings. The van der Waals surface area contributed by atoms with Gasteiger partial charge in [-0.3, -0.25) is 9.69 Å². The van der Waals surface area contributed by atoms with Crippen LogP contribution in [0.15, 0.2) is 0 Å². The quantitative estimate of drug-likeness (QED) is 0.801. The number of carbonyl (C=O) groups excluding carboxylic acids is 1. The van der Waals surface area contributed by atoms with Crippen molar-refractivity contribution in [1.29, 1.82) is 0 Å². The Morgan fingerprint density at radius 1 is 1.35 bits per heavy atom. The molecule has 1 aliphatic carbocycles. The number of nitrogens with zero attached hydrogens (tertiary/aromatic N) is 1. The van der Waals surface area contributed by atoms with Crippen molar-refractivity contribution in [2.45, 2.75) is 38.3 Å². The predicted octanol–water partition coefficient (Wildman–Crippen LogP) is 0.794. The van der Waals surface area contributed by atoms with Crippen molar-refractivity contribution in [3.8, 4) is 0 Å². The predicted molar refractivity (Wildman–Crippen MR) is 84.7 cm³/mol. The van der Waals surface area contributed by atoms with Crippen LogP contribution in [0.2, 0.25) is 0 Å². The normalized spacial score (nSPS) is 28.1. The van der Waals surface area contributed by atoms with Gasteiger partial charge in [0.15, 0.2) is 0 Å². The van der Waals surface area contributed by atoms with E-state index in [-0.39, 0.29) is 42.7 Å². The molecule has 1 saturated heterocycles. The number of carbonyl (C=O) groups is 1. The highest BCUT2D eigenvalue weighted by molar-refractivity contribution is 5.85. The van der Waals surface area contributed by atoms with Crippen LogP contribution < -0.4 is 11.1 Å². The van der Waals surface area contributed by atoms with E-state index in [1.807, 2.05) is 0 Å². The summed E-state index contributed by atoms with van der Waals surface area (Å²) in [5, 5.41) is 3.07. The summed E-state index contributed by atoms with van der Waals surface area (Å²) in [5.74, 6) is 0.319. The number of rotatable bonds is 4. The lowest BCUT2D eigenvalue weighted by Gasteiger charge is -2.32. The van der Waals surface area contributed by atoms with Crippen LogP contribution in [0.3, 0.4) is 0 Å². The van der Waals surface area contributed by atoms with Crippen molar-refractivity contribution in [2.24, 2.45) is 11.7 Å². The highest BCUT2D eigenvalue weighted by Gasteiger charge is 2.28. The second kappa shape index (κ2) is 9.79. The second-order valence-electron chi connectivity index (χ2n) is 5.51. The summed E-state index contributed by atoms with van der Waals surface area (Å²) < 4.78 is 5.33. The van der Waals surface area contributed by atoms with Gasteiger partial charge in [0.05, 0.1) is 13.2 Å². The van der Waals surface area contributed by atoms with Crippen molar-refractivity contribution in [1.82, 2.24) is 10.2 Å². The lowest BCUT2D eigenvalue weighted by Crippen LogP contribution is -2.48. The zero-order valence-corrected chi connectivity index (χ0v) is 13.7. The van der Waals surface area contributed by atoms with E-state index in [0.29, 0.717) is 6.04 Å². The standard InChI is InChI=1S/C13H25N3O2.2ClH/c1-10(16-4-6-18-7-5-16)9-15-13(17)11-2-3-12(14)8-11;;/h10-12H,2-9,14H2,1H3,(H,15,17);2*1H. The molecular formula is C13H27Cl2N3O2. The molecule has 20 heavy (non-hydrogen) atoms. The first-order chi connectivity index (χ1) is 8.66. The molecule has 5 nitrogen and oxygen atoms in total. The Hall–Kier alpha value is -0.0700. The third-order valence-corrected chi connectivity index (χ3v) is 4.08. The molecule has 120 valence electrons. The SMILES string of the molecule is CC(CNC(=O)C1CCC(N)C1)N1CCOCC1.Cl.Cl. The maximum absolute atomic E-state index is 12.0. The molecule has 3 unspecified atom stereocenters. The average Bonchev–Trinajstić information content (AvgIpc) is 2.83. The van der Waals surface area contributed by atoms with Crippen LogP contribution in [0.5, 0.6) is 0 Å². The summed E-state index contributed by atoms with van der Waals surface area (Å²) in [6.45, 7) is 6.42. The molecule has 3 atom stereocenters. The molecule has 7 heteroatoms. The molecule has 0 aromatic heterocycles. The van der Waals surface area contributed by atoms with Crippen molar-refractivity contribution in [3.05, 3.63) is 0 Å². The van der Waals surface area contributed by atoms with Gasteiger partial charge in [-0.25, -0.2) is 0 Å². The number of hydrogen-bond donors (Lipinski definition) is 2. The molecule has 0 spiro atoms. The van der Waals surface area contributed by atoms with E-state index in [0.717, 1.165) is 52.1 Å². The van der Waals surface area contributed by atoms with Crippen molar-refractivity contribution in [3.63, 3.8) is 0 Å². The van der Waals surface area contributed by atoms with Crippen molar-refractivity contribution < 1.29 is 9.53 Å². The Balaban J connectivity index is 0.00000180. The fourth-order valence-corrected chi connectivity index (χ4v) is 2.79. The molecule has 0 aromatic rings. The van der Waals surface area contributed by atoms with E-state index < -0.39 is 0 Å². The molecular weight excluding hydrogens is 301 g/mol. The average molecular weight is 328 g/mol. The molecule has 0 bridgehead atoms. The van der Waals surface area contributed by atoms with E-state index in [1.54, 1.807) is 0 Å². The Morgan fingerprint density at radius 2 is 2.00 bits per heavy atom. The highest BCUT2D eigenvalue weighted by Crippen LogP contribution is 2.23. The van der Waals surface area contributed by atoms with Gasteiger partial charge in [0, 0.05) is 37.6 Å². The first kappa shape index (κ1) is 19.9. The summed E-state index contributed by atoms with van der Waals surface area (Å²) >= 11 is 0. The molecule has 3 N–H and O–H groups in total. The molecule has 1 heterocycles. The summed E-state index contributed by atoms with van der Waals surface area (Å²) in [4.78, 5) is 14.3. The third kappa shape index (κ3) is 5.74.